The van der Waals surface area contributed by atoms with Crippen molar-refractivity contribution in [3.05, 3.63) is 54.6 Å². The lowest BCUT2D eigenvalue weighted by Crippen LogP contribution is -2.31. The molecule has 0 spiro atoms. The molecule has 1 atom stereocenters. The van der Waals surface area contributed by atoms with Crippen molar-refractivity contribution in [3.63, 3.8) is 0 Å². The molecule has 1 heterocycles. The molecular formula is C17H20N2S. The first-order chi connectivity index (χ1) is 9.83. The van der Waals surface area contributed by atoms with Crippen LogP contribution in [0.5, 0.6) is 0 Å². The van der Waals surface area contributed by atoms with Gasteiger partial charge in [-0.05, 0) is 49.2 Å². The van der Waals surface area contributed by atoms with Crippen LogP contribution in [0.25, 0.3) is 0 Å². The summed E-state index contributed by atoms with van der Waals surface area (Å²) in [5, 5.41) is 0. The highest BCUT2D eigenvalue weighted by atomic mass is 32.2. The molecule has 1 saturated heterocycles. The van der Waals surface area contributed by atoms with Gasteiger partial charge >= 0.3 is 0 Å². The Balaban J connectivity index is 1.65. The maximum Gasteiger partial charge on any atom is 0.0384 e. The lowest BCUT2D eigenvalue weighted by atomic mass is 10.2. The summed E-state index contributed by atoms with van der Waals surface area (Å²) in [6, 6.07) is 19.6. The Labute approximate surface area is 125 Å². The molecule has 0 aromatic heterocycles. The van der Waals surface area contributed by atoms with E-state index >= 15 is 0 Å². The lowest BCUT2D eigenvalue weighted by Gasteiger charge is -2.26. The molecule has 2 aromatic carbocycles. The second-order valence-electron chi connectivity index (χ2n) is 5.21. The Morgan fingerprint density at radius 3 is 2.55 bits per heavy atom. The number of nitrogens with zero attached hydrogens (tertiary/aromatic N) is 1. The number of hydrogen-bond acceptors (Lipinski definition) is 3. The number of rotatable bonds is 4. The Morgan fingerprint density at radius 2 is 1.80 bits per heavy atom. The molecule has 2 nitrogen and oxygen atoms in total. The van der Waals surface area contributed by atoms with E-state index in [9.17, 15) is 0 Å². The quantitative estimate of drug-likeness (QED) is 0.679. The first kappa shape index (κ1) is 13.4. The fourth-order valence-electron chi connectivity index (χ4n) is 2.72. The summed E-state index contributed by atoms with van der Waals surface area (Å²) in [5.74, 6) is 1.15. The molecule has 0 aliphatic carbocycles. The predicted molar refractivity (Wildman–Crippen MR) is 88.4 cm³/mol. The zero-order valence-corrected chi connectivity index (χ0v) is 12.4. The minimum atomic E-state index is 0.629. The number of hydrogen-bond donors (Lipinski definition) is 1. The van der Waals surface area contributed by atoms with Gasteiger partial charge in [0.05, 0.1) is 0 Å². The van der Waals surface area contributed by atoms with Gasteiger partial charge in [-0.25, -0.2) is 0 Å². The summed E-state index contributed by atoms with van der Waals surface area (Å²) >= 11 is 1.95. The van der Waals surface area contributed by atoms with E-state index in [-0.39, 0.29) is 0 Å². The van der Waals surface area contributed by atoms with Crippen LogP contribution in [0, 0.1) is 0 Å². The van der Waals surface area contributed by atoms with Crippen LogP contribution in [0.1, 0.15) is 12.8 Å². The minimum absolute atomic E-state index is 0.629. The Bertz CT molecular complexity index is 539. The van der Waals surface area contributed by atoms with Crippen molar-refractivity contribution in [2.45, 2.75) is 23.8 Å². The van der Waals surface area contributed by atoms with Gasteiger partial charge in [-0.3, -0.25) is 0 Å². The molecule has 1 fully saturated rings. The average Bonchev–Trinajstić information content (AvgIpc) is 2.95. The molecule has 20 heavy (non-hydrogen) atoms. The smallest absolute Gasteiger partial charge is 0.0384 e. The second-order valence-corrected chi connectivity index (χ2v) is 6.30. The van der Waals surface area contributed by atoms with E-state index < -0.39 is 0 Å². The van der Waals surface area contributed by atoms with Crippen molar-refractivity contribution in [1.29, 1.82) is 0 Å². The van der Waals surface area contributed by atoms with Crippen molar-refractivity contribution in [3.8, 4) is 0 Å². The molecule has 0 saturated carbocycles. The largest absolute Gasteiger partial charge is 0.399 e. The number of anilines is 2. The molecule has 1 unspecified atom stereocenters. The van der Waals surface area contributed by atoms with Crippen molar-refractivity contribution in [1.82, 2.24) is 0 Å². The first-order valence-electron chi connectivity index (χ1n) is 7.13. The molecule has 2 aromatic rings. The third-order valence-corrected chi connectivity index (χ3v) is 4.94. The van der Waals surface area contributed by atoms with E-state index in [1.54, 1.807) is 0 Å². The molecule has 0 radical (unpaired) electrons. The zero-order valence-electron chi connectivity index (χ0n) is 11.5. The van der Waals surface area contributed by atoms with Gasteiger partial charge in [0.1, 0.15) is 0 Å². The van der Waals surface area contributed by atoms with Crippen molar-refractivity contribution in [2.24, 2.45) is 0 Å². The van der Waals surface area contributed by atoms with Crippen molar-refractivity contribution >= 4 is 23.1 Å². The number of benzene rings is 2. The SMILES string of the molecule is Nc1ccc(N2CCCC2CSc2ccccc2)cc1. The van der Waals surface area contributed by atoms with Crippen LogP contribution >= 0.6 is 11.8 Å². The molecule has 3 rings (SSSR count). The first-order valence-corrected chi connectivity index (χ1v) is 8.11. The summed E-state index contributed by atoms with van der Waals surface area (Å²) in [4.78, 5) is 3.88. The van der Waals surface area contributed by atoms with E-state index in [1.807, 2.05) is 23.9 Å². The third kappa shape index (κ3) is 3.10. The standard InChI is InChI=1S/C17H20N2S/c18-14-8-10-15(11-9-14)19-12-4-5-16(19)13-20-17-6-2-1-3-7-17/h1-3,6-11,16H,4-5,12-13,18H2. The van der Waals surface area contributed by atoms with Gasteiger partial charge in [-0.15, -0.1) is 11.8 Å². The molecule has 0 amide bonds. The molecule has 104 valence electrons. The predicted octanol–water partition coefficient (Wildman–Crippen LogP) is 4.03. The van der Waals surface area contributed by atoms with E-state index in [2.05, 4.69) is 47.4 Å². The summed E-state index contributed by atoms with van der Waals surface area (Å²) in [7, 11) is 0. The molecule has 1 aliphatic heterocycles. The van der Waals surface area contributed by atoms with Gasteiger partial charge in [-0.2, -0.15) is 0 Å². The lowest BCUT2D eigenvalue weighted by molar-refractivity contribution is 0.745. The van der Waals surface area contributed by atoms with Crippen LogP contribution in [0.2, 0.25) is 0 Å². The normalized spacial score (nSPS) is 18.4. The average molecular weight is 284 g/mol. The van der Waals surface area contributed by atoms with Crippen LogP contribution < -0.4 is 10.6 Å². The maximum absolute atomic E-state index is 5.77. The van der Waals surface area contributed by atoms with Gasteiger partial charge in [-0.1, -0.05) is 18.2 Å². The fourth-order valence-corrected chi connectivity index (χ4v) is 3.80. The van der Waals surface area contributed by atoms with Gasteiger partial charge < -0.3 is 10.6 Å². The van der Waals surface area contributed by atoms with Gasteiger partial charge in [0.2, 0.25) is 0 Å². The molecule has 0 bridgehead atoms. The van der Waals surface area contributed by atoms with Crippen molar-refractivity contribution < 1.29 is 0 Å². The molecule has 2 N–H and O–H groups in total. The highest BCUT2D eigenvalue weighted by molar-refractivity contribution is 7.99. The zero-order chi connectivity index (χ0) is 13.8. The summed E-state index contributed by atoms with van der Waals surface area (Å²) < 4.78 is 0. The van der Waals surface area contributed by atoms with Crippen LogP contribution in [0.4, 0.5) is 11.4 Å². The summed E-state index contributed by atoms with van der Waals surface area (Å²) in [6.45, 7) is 1.16. The topological polar surface area (TPSA) is 29.3 Å². The van der Waals surface area contributed by atoms with Crippen LogP contribution in [0.15, 0.2) is 59.5 Å². The second kappa shape index (κ2) is 6.23. The minimum Gasteiger partial charge on any atom is -0.399 e. The molecule has 3 heteroatoms. The summed E-state index contributed by atoms with van der Waals surface area (Å²) in [6.07, 6.45) is 2.56. The third-order valence-electron chi connectivity index (χ3n) is 3.79. The van der Waals surface area contributed by atoms with E-state index in [0.29, 0.717) is 6.04 Å². The number of nitrogen functional groups attached to an aromatic ring is 1. The molecular weight excluding hydrogens is 264 g/mol. The van der Waals surface area contributed by atoms with Crippen LogP contribution in [-0.2, 0) is 0 Å². The monoisotopic (exact) mass is 284 g/mol. The number of thioether (sulfide) groups is 1. The van der Waals surface area contributed by atoms with Crippen molar-refractivity contribution in [2.75, 3.05) is 22.9 Å². The fraction of sp³-hybridized carbons (Fsp3) is 0.294. The van der Waals surface area contributed by atoms with Gasteiger partial charge in [0, 0.05) is 34.6 Å². The van der Waals surface area contributed by atoms with E-state index in [1.165, 1.54) is 23.4 Å². The van der Waals surface area contributed by atoms with Crippen LogP contribution in [0.3, 0.4) is 0 Å². The molecule has 1 aliphatic rings. The van der Waals surface area contributed by atoms with Crippen LogP contribution in [-0.4, -0.2) is 18.3 Å². The van der Waals surface area contributed by atoms with E-state index in [4.69, 9.17) is 5.73 Å². The Hall–Kier alpha value is -1.61. The van der Waals surface area contributed by atoms with E-state index in [0.717, 1.165) is 18.0 Å². The highest BCUT2D eigenvalue weighted by Gasteiger charge is 2.24. The maximum atomic E-state index is 5.77. The highest BCUT2D eigenvalue weighted by Crippen LogP contribution is 2.30. The number of nitrogens with two attached hydrogens (primary N) is 1. The Kier molecular flexibility index (Phi) is 4.16. The Morgan fingerprint density at radius 1 is 1.05 bits per heavy atom. The summed E-state index contributed by atoms with van der Waals surface area (Å²) in [5.41, 5.74) is 7.91. The van der Waals surface area contributed by atoms with Gasteiger partial charge in [0.25, 0.3) is 0 Å². The van der Waals surface area contributed by atoms with Gasteiger partial charge in [0.15, 0.2) is 0 Å².